The van der Waals surface area contributed by atoms with E-state index in [1.54, 1.807) is 0 Å². The van der Waals surface area contributed by atoms with E-state index in [2.05, 4.69) is 20.8 Å². The van der Waals surface area contributed by atoms with Gasteiger partial charge in [-0.25, -0.2) is 0 Å². The lowest BCUT2D eigenvalue weighted by molar-refractivity contribution is 1.05. The first-order valence-electron chi connectivity index (χ1n) is 3.77. The Balaban J connectivity index is 4.04. The van der Waals surface area contributed by atoms with Crippen LogP contribution in [0.3, 0.4) is 0 Å². The maximum atomic E-state index is 7.44. The topological polar surface area (TPSA) is 23.9 Å². The van der Waals surface area contributed by atoms with Crippen LogP contribution in [-0.4, -0.2) is 12.8 Å². The van der Waals surface area contributed by atoms with Crippen LogP contribution in [0.25, 0.3) is 0 Å². The highest BCUT2D eigenvalue weighted by molar-refractivity contribution is 7.45. The third-order valence-corrected chi connectivity index (χ3v) is 2.85. The molecular weight excluding hydrogens is 141 g/mol. The van der Waals surface area contributed by atoms with Crippen LogP contribution in [0.1, 0.15) is 27.2 Å². The highest BCUT2D eigenvalue weighted by atomic mass is 31.1. The monoisotopic (exact) mass is 159 g/mol. The van der Waals surface area contributed by atoms with Crippen molar-refractivity contribution >= 4 is 7.71 Å². The first-order valence-corrected chi connectivity index (χ1v) is 5.97. The van der Waals surface area contributed by atoms with Crippen LogP contribution in [0, 0.1) is 5.16 Å². The van der Waals surface area contributed by atoms with Gasteiger partial charge in [0.05, 0.1) is 0 Å². The molecule has 2 heteroatoms. The third kappa shape index (κ3) is 3.90. The van der Waals surface area contributed by atoms with Gasteiger partial charge in [0.1, 0.15) is 0 Å². The summed E-state index contributed by atoms with van der Waals surface area (Å²) < 4.78 is 0. The van der Waals surface area contributed by atoms with E-state index in [0.717, 1.165) is 12.6 Å². The molecule has 0 radical (unpaired) electrons. The van der Waals surface area contributed by atoms with Crippen LogP contribution >= 0.6 is 7.71 Å². The molecule has 0 saturated carbocycles. The lowest BCUT2D eigenvalue weighted by Crippen LogP contribution is -1.85. The molecule has 1 N–H and O–H groups in total. The van der Waals surface area contributed by atoms with Crippen LogP contribution in [0.4, 0.5) is 0 Å². The molecule has 0 aromatic carbocycles. The Labute approximate surface area is 64.8 Å². The van der Waals surface area contributed by atoms with Gasteiger partial charge in [0, 0.05) is 6.16 Å². The summed E-state index contributed by atoms with van der Waals surface area (Å²) in [4.78, 5) is 0. The van der Waals surface area contributed by atoms with Crippen molar-refractivity contribution in [1.29, 1.82) is 5.16 Å². The van der Waals surface area contributed by atoms with Gasteiger partial charge < -0.3 is 5.16 Å². The predicted molar refractivity (Wildman–Crippen MR) is 50.5 cm³/mol. The van der Waals surface area contributed by atoms with Crippen molar-refractivity contribution in [3.63, 3.8) is 0 Å². The van der Waals surface area contributed by atoms with Gasteiger partial charge in [-0.05, 0) is 34.6 Å². The molecule has 60 valence electrons. The third-order valence-electron chi connectivity index (χ3n) is 1.79. The van der Waals surface area contributed by atoms with E-state index in [1.807, 2.05) is 6.66 Å². The summed E-state index contributed by atoms with van der Waals surface area (Å²) in [6.07, 6.45) is 2.17. The van der Waals surface area contributed by atoms with Gasteiger partial charge in [-0.2, -0.15) is 0 Å². The molecule has 0 aliphatic rings. The van der Waals surface area contributed by atoms with Gasteiger partial charge in [0.15, 0.2) is 0 Å². The number of rotatable bonds is 3. The molecule has 1 atom stereocenters. The van der Waals surface area contributed by atoms with E-state index in [1.165, 1.54) is 11.1 Å². The van der Waals surface area contributed by atoms with Crippen molar-refractivity contribution < 1.29 is 0 Å². The zero-order valence-corrected chi connectivity index (χ0v) is 8.41. The number of hydrogen-bond acceptors (Lipinski definition) is 1. The van der Waals surface area contributed by atoms with E-state index in [9.17, 15) is 0 Å². The molecule has 0 aromatic heterocycles. The smallest absolute Gasteiger partial charge is 0.000481 e. The fourth-order valence-corrected chi connectivity index (χ4v) is 1.95. The minimum atomic E-state index is -0.796. The van der Waals surface area contributed by atoms with Gasteiger partial charge in [0.25, 0.3) is 0 Å². The second-order valence-corrected chi connectivity index (χ2v) is 4.79. The zero-order chi connectivity index (χ0) is 8.15. The second-order valence-electron chi connectivity index (χ2n) is 2.87. The molecule has 0 amide bonds. The van der Waals surface area contributed by atoms with E-state index in [4.69, 9.17) is 5.16 Å². The highest BCUT2D eigenvalue weighted by Gasteiger charge is 1.94. The molecule has 1 unspecified atom stereocenters. The molecule has 0 aliphatic carbocycles. The summed E-state index contributed by atoms with van der Waals surface area (Å²) in [5.41, 5.74) is 2.91. The number of hydrogen-bond donors (Lipinski definition) is 1. The molecular formula is C8H18NP. The van der Waals surface area contributed by atoms with Crippen LogP contribution < -0.4 is 0 Å². The first-order chi connectivity index (χ1) is 4.57. The molecule has 0 saturated heterocycles. The van der Waals surface area contributed by atoms with Crippen LogP contribution in [0.5, 0.6) is 0 Å². The Morgan fingerprint density at radius 3 is 2.10 bits per heavy atom. The van der Waals surface area contributed by atoms with Crippen LogP contribution in [0.2, 0.25) is 0 Å². The lowest BCUT2D eigenvalue weighted by atomic mass is 10.1. The zero-order valence-electron chi connectivity index (χ0n) is 7.41. The van der Waals surface area contributed by atoms with Crippen molar-refractivity contribution in [3.8, 4) is 0 Å². The van der Waals surface area contributed by atoms with Crippen molar-refractivity contribution in [2.24, 2.45) is 0 Å². The summed E-state index contributed by atoms with van der Waals surface area (Å²) in [5, 5.41) is 7.44. The van der Waals surface area contributed by atoms with Crippen LogP contribution in [0.15, 0.2) is 11.1 Å². The molecule has 0 rings (SSSR count). The number of allylic oxidation sites excluding steroid dienone is 2. The van der Waals surface area contributed by atoms with Crippen molar-refractivity contribution in [3.05, 3.63) is 11.1 Å². The predicted octanol–water partition coefficient (Wildman–Crippen LogP) is 3.34. The average molecular weight is 159 g/mol. The van der Waals surface area contributed by atoms with E-state index in [0.29, 0.717) is 0 Å². The summed E-state index contributed by atoms with van der Waals surface area (Å²) >= 11 is 0. The van der Waals surface area contributed by atoms with Gasteiger partial charge >= 0.3 is 0 Å². The quantitative estimate of drug-likeness (QED) is 0.482. The van der Waals surface area contributed by atoms with E-state index >= 15 is 0 Å². The highest BCUT2D eigenvalue weighted by Crippen LogP contribution is 2.21. The summed E-state index contributed by atoms with van der Waals surface area (Å²) in [7, 11) is -0.796. The van der Waals surface area contributed by atoms with Gasteiger partial charge in [-0.3, -0.25) is 0 Å². The fourth-order valence-electron chi connectivity index (χ4n) is 0.850. The average Bonchev–Trinajstić information content (AvgIpc) is 1.85. The Hall–Kier alpha value is -0.0300. The standard InChI is InChI=1S/C8H18NP/c1-5-7(2)8(3)6-10(4)9/h9-10H,5-6H2,1-4H3/b8-7+. The van der Waals surface area contributed by atoms with Crippen molar-refractivity contribution in [2.45, 2.75) is 27.2 Å². The van der Waals surface area contributed by atoms with Gasteiger partial charge in [-0.1, -0.05) is 18.1 Å². The molecule has 0 heterocycles. The van der Waals surface area contributed by atoms with Crippen molar-refractivity contribution in [1.82, 2.24) is 0 Å². The minimum absolute atomic E-state index is 0.796. The van der Waals surface area contributed by atoms with E-state index < -0.39 is 7.71 Å². The molecule has 1 nitrogen and oxygen atoms in total. The normalized spacial score (nSPS) is 16.4. The first kappa shape index (κ1) is 9.97. The fraction of sp³-hybridized carbons (Fsp3) is 0.750. The largest absolute Gasteiger partial charge is 0.322 e. The lowest BCUT2D eigenvalue weighted by Gasteiger charge is -2.03. The Morgan fingerprint density at radius 2 is 1.80 bits per heavy atom. The molecule has 0 fully saturated rings. The summed E-state index contributed by atoms with van der Waals surface area (Å²) in [6, 6.07) is 0. The van der Waals surface area contributed by atoms with Crippen molar-refractivity contribution in [2.75, 3.05) is 12.8 Å². The van der Waals surface area contributed by atoms with E-state index in [-0.39, 0.29) is 0 Å². The maximum Gasteiger partial charge on any atom is 0.000481 e. The Bertz CT molecular complexity index is 159. The summed E-state index contributed by atoms with van der Waals surface area (Å²) in [6.45, 7) is 8.53. The SMILES string of the molecule is CC/C(C)=C(\C)C[PH](C)=N. The molecule has 0 aromatic rings. The van der Waals surface area contributed by atoms with Crippen LogP contribution in [-0.2, 0) is 0 Å². The Morgan fingerprint density at radius 1 is 1.30 bits per heavy atom. The maximum absolute atomic E-state index is 7.44. The molecule has 0 bridgehead atoms. The van der Waals surface area contributed by atoms with Gasteiger partial charge in [0.2, 0.25) is 0 Å². The molecule has 0 aliphatic heterocycles. The Kier molecular flexibility index (Phi) is 4.72. The summed E-state index contributed by atoms with van der Waals surface area (Å²) in [5.74, 6) is 0. The minimum Gasteiger partial charge on any atom is -0.322 e. The van der Waals surface area contributed by atoms with Gasteiger partial charge in [-0.15, -0.1) is 0 Å². The molecule has 10 heavy (non-hydrogen) atoms. The second kappa shape index (κ2) is 4.73. The number of nitrogens with one attached hydrogen (secondary N) is 1. The molecule has 0 spiro atoms.